The van der Waals surface area contributed by atoms with Crippen molar-refractivity contribution in [3.05, 3.63) is 174 Å². The summed E-state index contributed by atoms with van der Waals surface area (Å²) in [6, 6.07) is 45.2. The van der Waals surface area contributed by atoms with Crippen LogP contribution < -0.4 is 0 Å². The number of rotatable bonds is 6. The second kappa shape index (κ2) is 14.0. The zero-order valence-corrected chi connectivity index (χ0v) is 28.1. The van der Waals surface area contributed by atoms with Gasteiger partial charge in [-0.05, 0) is 64.9 Å². The van der Waals surface area contributed by atoms with Gasteiger partial charge in [0.2, 0.25) is 0 Å². The maximum atomic E-state index is 10.9. The molecule has 0 atom stereocenters. The van der Waals surface area contributed by atoms with Gasteiger partial charge < -0.3 is 9.52 Å². The van der Waals surface area contributed by atoms with Gasteiger partial charge in [0.25, 0.3) is 0 Å². The summed E-state index contributed by atoms with van der Waals surface area (Å²) < 4.78 is 6.69. The maximum absolute atomic E-state index is 10.9. The fourth-order valence-corrected chi connectivity index (χ4v) is 6.60. The van der Waals surface area contributed by atoms with E-state index in [1.165, 1.54) is 0 Å². The molecule has 1 aliphatic rings. The predicted molar refractivity (Wildman–Crippen MR) is 211 cm³/mol. The number of phenols is 1. The van der Waals surface area contributed by atoms with Crippen LogP contribution in [0, 0.1) is 16.7 Å². The summed E-state index contributed by atoms with van der Waals surface area (Å²) in [5.74, 6) is 0.705. The number of nitrogens with one attached hydrogen (secondary N) is 1. The number of benzene rings is 6. The molecule has 248 valence electrons. The first-order chi connectivity index (χ1) is 25.6. The molecule has 6 nitrogen and oxygen atoms in total. The van der Waals surface area contributed by atoms with E-state index in [0.29, 0.717) is 17.0 Å². The summed E-state index contributed by atoms with van der Waals surface area (Å²) in [7, 11) is 0. The molecule has 0 aliphatic heterocycles. The minimum absolute atomic E-state index is 0.156. The van der Waals surface area contributed by atoms with Crippen molar-refractivity contribution in [2.75, 3.05) is 0 Å². The van der Waals surface area contributed by atoms with Crippen LogP contribution in [-0.2, 0) is 0 Å². The Labute approximate surface area is 301 Å². The van der Waals surface area contributed by atoms with E-state index in [1.807, 2.05) is 127 Å². The van der Waals surface area contributed by atoms with E-state index in [4.69, 9.17) is 19.8 Å². The number of hydrogen-bond donors (Lipinski definition) is 2. The molecule has 1 aliphatic carbocycles. The average molecular weight is 673 g/mol. The van der Waals surface area contributed by atoms with Gasteiger partial charge in [0.1, 0.15) is 22.8 Å². The van der Waals surface area contributed by atoms with Crippen molar-refractivity contribution in [2.45, 2.75) is 12.8 Å². The van der Waals surface area contributed by atoms with Crippen molar-refractivity contribution in [2.24, 2.45) is 9.98 Å². The number of phenolic OH excluding ortho intramolecular Hbond substituents is 1. The van der Waals surface area contributed by atoms with Crippen LogP contribution in [0.5, 0.6) is 5.75 Å². The van der Waals surface area contributed by atoms with Crippen LogP contribution in [-0.4, -0.2) is 23.0 Å². The van der Waals surface area contributed by atoms with Gasteiger partial charge in [-0.15, -0.1) is 0 Å². The number of nitriles is 1. The highest BCUT2D eigenvalue weighted by Crippen LogP contribution is 2.40. The Balaban J connectivity index is 1.20. The van der Waals surface area contributed by atoms with Crippen molar-refractivity contribution in [3.63, 3.8) is 0 Å². The highest BCUT2D eigenvalue weighted by atomic mass is 16.3. The van der Waals surface area contributed by atoms with Crippen molar-refractivity contribution in [1.29, 1.82) is 10.7 Å². The Morgan fingerprint density at radius 1 is 0.731 bits per heavy atom. The molecular weight excluding hydrogens is 641 g/mol. The van der Waals surface area contributed by atoms with Crippen LogP contribution in [0.1, 0.15) is 29.5 Å². The third kappa shape index (κ3) is 6.35. The lowest BCUT2D eigenvalue weighted by molar-refractivity contribution is 0.477. The summed E-state index contributed by atoms with van der Waals surface area (Å²) in [6.07, 6.45) is 9.25. The van der Waals surface area contributed by atoms with Gasteiger partial charge >= 0.3 is 0 Å². The molecule has 0 spiro atoms. The zero-order valence-electron chi connectivity index (χ0n) is 28.1. The van der Waals surface area contributed by atoms with E-state index in [-0.39, 0.29) is 11.6 Å². The van der Waals surface area contributed by atoms with Gasteiger partial charge in [0.15, 0.2) is 5.84 Å². The number of amidine groups is 2. The summed E-state index contributed by atoms with van der Waals surface area (Å²) in [5.41, 5.74) is 9.87. The number of hydrogen-bond acceptors (Lipinski definition) is 4. The molecule has 0 bridgehead atoms. The van der Waals surface area contributed by atoms with Gasteiger partial charge in [-0.3, -0.25) is 5.41 Å². The molecule has 8 rings (SSSR count). The molecule has 2 N–H and O–H groups in total. The monoisotopic (exact) mass is 672 g/mol. The van der Waals surface area contributed by atoms with Crippen LogP contribution in [0.25, 0.3) is 55.3 Å². The van der Waals surface area contributed by atoms with Gasteiger partial charge in [-0.1, -0.05) is 127 Å². The Bertz CT molecular complexity index is 2650. The summed E-state index contributed by atoms with van der Waals surface area (Å²) >= 11 is 0. The molecule has 0 fully saturated rings. The third-order valence-electron chi connectivity index (χ3n) is 9.26. The van der Waals surface area contributed by atoms with Gasteiger partial charge in [0, 0.05) is 39.2 Å². The maximum Gasteiger partial charge on any atom is 0.161 e. The van der Waals surface area contributed by atoms with E-state index < -0.39 is 0 Å². The third-order valence-corrected chi connectivity index (χ3v) is 9.26. The van der Waals surface area contributed by atoms with Gasteiger partial charge in [-0.25, -0.2) is 9.98 Å². The molecule has 0 radical (unpaired) electrons. The molecule has 0 amide bonds. The minimum atomic E-state index is 0.156. The van der Waals surface area contributed by atoms with Crippen LogP contribution in [0.15, 0.2) is 172 Å². The molecule has 52 heavy (non-hydrogen) atoms. The number of aliphatic imine (C=N–C) groups is 2. The lowest BCUT2D eigenvalue weighted by atomic mass is 9.98. The number of allylic oxidation sites excluding steroid dienone is 3. The van der Waals surface area contributed by atoms with Crippen molar-refractivity contribution < 1.29 is 9.52 Å². The summed E-state index contributed by atoms with van der Waals surface area (Å²) in [5, 5.41) is 31.1. The molecule has 1 aromatic heterocycles. The second-order valence-corrected chi connectivity index (χ2v) is 12.6. The fraction of sp³-hybridized carbons (Fsp3) is 0.0435. The lowest BCUT2D eigenvalue weighted by Crippen LogP contribution is -2.07. The summed E-state index contributed by atoms with van der Waals surface area (Å²) in [4.78, 5) is 9.57. The van der Waals surface area contributed by atoms with E-state index in [2.05, 4.69) is 24.3 Å². The normalized spacial score (nSPS) is 13.1. The minimum Gasteiger partial charge on any atom is -0.507 e. The number of furan rings is 1. The predicted octanol–water partition coefficient (Wildman–Crippen LogP) is 11.3. The van der Waals surface area contributed by atoms with Crippen LogP contribution in [0.4, 0.5) is 0 Å². The van der Waals surface area contributed by atoms with Crippen molar-refractivity contribution in [1.82, 2.24) is 0 Å². The van der Waals surface area contributed by atoms with E-state index in [1.54, 1.807) is 12.3 Å². The lowest BCUT2D eigenvalue weighted by Gasteiger charge is -2.10. The zero-order chi connectivity index (χ0) is 35.4. The Morgan fingerprint density at radius 2 is 1.42 bits per heavy atom. The number of para-hydroxylation sites is 2. The standard InChI is InChI=1S/C46H32N4O2/c47-28-30-20-23-33(24-21-30)38-16-8-18-40-41-19-9-17-39(44(41)52-43(38)40)35-14-7-15-36(27-35)46(50-45(48)34-12-5-2-6-13-34)49-29-31-22-25-37(42(51)26-31)32-10-3-1-4-11-32/h1-5,7-12,14-27,29,48,51H,6,13H2. The quantitative estimate of drug-likeness (QED) is 0.136. The highest BCUT2D eigenvalue weighted by Gasteiger charge is 2.17. The Kier molecular flexibility index (Phi) is 8.66. The Morgan fingerprint density at radius 3 is 2.12 bits per heavy atom. The Hall–Kier alpha value is -7.10. The highest BCUT2D eigenvalue weighted by molar-refractivity contribution is 6.15. The molecule has 6 aromatic carbocycles. The first-order valence-corrected chi connectivity index (χ1v) is 17.1. The smallest absolute Gasteiger partial charge is 0.161 e. The molecule has 1 heterocycles. The second-order valence-electron chi connectivity index (χ2n) is 12.6. The number of fused-ring (bicyclic) bond motifs is 3. The van der Waals surface area contributed by atoms with E-state index in [9.17, 15) is 10.4 Å². The number of nitrogens with zero attached hydrogens (tertiary/aromatic N) is 3. The average Bonchev–Trinajstić information content (AvgIpc) is 3.59. The van der Waals surface area contributed by atoms with E-state index in [0.717, 1.165) is 79.3 Å². The van der Waals surface area contributed by atoms with Gasteiger partial charge in [-0.2, -0.15) is 5.26 Å². The van der Waals surface area contributed by atoms with Crippen LogP contribution in [0.3, 0.4) is 0 Å². The first-order valence-electron chi connectivity index (χ1n) is 17.1. The molecule has 0 saturated carbocycles. The topological polar surface area (TPSA) is 106 Å². The van der Waals surface area contributed by atoms with Crippen molar-refractivity contribution >= 4 is 39.8 Å². The first kappa shape index (κ1) is 32.1. The molecule has 0 saturated heterocycles. The number of aromatic hydroxyl groups is 1. The molecule has 7 aromatic rings. The SMILES string of the molecule is N#Cc1ccc(-c2cccc3c2oc2c(-c4cccc(C(N=Cc5ccc(-c6ccccc6)c(O)c5)=NC(=N)C5=CC=CCC5)c4)cccc23)cc1. The van der Waals surface area contributed by atoms with Crippen LogP contribution >= 0.6 is 0 Å². The largest absolute Gasteiger partial charge is 0.507 e. The van der Waals surface area contributed by atoms with Crippen LogP contribution in [0.2, 0.25) is 0 Å². The van der Waals surface area contributed by atoms with Crippen molar-refractivity contribution in [3.8, 4) is 45.2 Å². The molecular formula is C46H32N4O2. The van der Waals surface area contributed by atoms with Gasteiger partial charge in [0.05, 0.1) is 11.6 Å². The molecule has 0 unspecified atom stereocenters. The summed E-state index contributed by atoms with van der Waals surface area (Å²) in [6.45, 7) is 0. The molecule has 6 heteroatoms. The fourth-order valence-electron chi connectivity index (χ4n) is 6.60. The van der Waals surface area contributed by atoms with E-state index >= 15 is 0 Å².